The molecule has 0 spiro atoms. The van der Waals surface area contributed by atoms with E-state index >= 15 is 0 Å². The fraction of sp³-hybridized carbons (Fsp3) is 0.727. The van der Waals surface area contributed by atoms with Gasteiger partial charge in [-0.2, -0.15) is 0 Å². The van der Waals surface area contributed by atoms with Gasteiger partial charge >= 0.3 is 0 Å². The smallest absolute Gasteiger partial charge is 0.185 e. The van der Waals surface area contributed by atoms with Gasteiger partial charge < -0.3 is 15.4 Å². The first-order valence-electron chi connectivity index (χ1n) is 5.54. The van der Waals surface area contributed by atoms with E-state index in [0.29, 0.717) is 19.2 Å². The predicted octanol–water partition coefficient (Wildman–Crippen LogP) is 1.98. The Morgan fingerprint density at radius 2 is 2.25 bits per heavy atom. The number of ether oxygens (including phenoxy) is 1. The molecule has 0 aliphatic heterocycles. The minimum atomic E-state index is 0.493. The van der Waals surface area contributed by atoms with Crippen molar-refractivity contribution in [2.24, 2.45) is 5.73 Å². The van der Waals surface area contributed by atoms with Crippen molar-refractivity contribution in [3.8, 4) is 0 Å². The van der Waals surface area contributed by atoms with E-state index in [4.69, 9.17) is 10.5 Å². The SMILES string of the molecule is CCC(C)N(C)c1nc(COC)c(CN)s1. The second-order valence-corrected chi connectivity index (χ2v) is 4.93. The van der Waals surface area contributed by atoms with Gasteiger partial charge in [0, 0.05) is 31.6 Å². The lowest BCUT2D eigenvalue weighted by molar-refractivity contribution is 0.181. The van der Waals surface area contributed by atoms with Crippen molar-refractivity contribution in [2.75, 3.05) is 19.1 Å². The summed E-state index contributed by atoms with van der Waals surface area (Å²) in [7, 11) is 3.75. The molecule has 1 aromatic heterocycles. The van der Waals surface area contributed by atoms with Crippen molar-refractivity contribution in [3.63, 3.8) is 0 Å². The maximum Gasteiger partial charge on any atom is 0.185 e. The average molecular weight is 243 g/mol. The first kappa shape index (κ1) is 13.4. The van der Waals surface area contributed by atoms with Crippen molar-refractivity contribution in [2.45, 2.75) is 39.5 Å². The minimum absolute atomic E-state index is 0.493. The first-order chi connectivity index (χ1) is 7.63. The molecule has 0 saturated carbocycles. The highest BCUT2D eigenvalue weighted by atomic mass is 32.1. The van der Waals surface area contributed by atoms with Crippen molar-refractivity contribution < 1.29 is 4.74 Å². The van der Waals surface area contributed by atoms with Crippen LogP contribution in [-0.4, -0.2) is 25.2 Å². The average Bonchev–Trinajstić information content (AvgIpc) is 2.70. The number of methoxy groups -OCH3 is 1. The van der Waals surface area contributed by atoms with E-state index in [9.17, 15) is 0 Å². The van der Waals surface area contributed by atoms with Crippen molar-refractivity contribution in [1.82, 2.24) is 4.98 Å². The fourth-order valence-corrected chi connectivity index (χ4v) is 2.40. The first-order valence-corrected chi connectivity index (χ1v) is 6.36. The highest BCUT2D eigenvalue weighted by molar-refractivity contribution is 7.15. The summed E-state index contributed by atoms with van der Waals surface area (Å²) in [6, 6.07) is 0.493. The molecular formula is C11H21N3OS. The van der Waals surface area contributed by atoms with Crippen LogP contribution >= 0.6 is 11.3 Å². The molecule has 0 aromatic carbocycles. The normalized spacial score (nSPS) is 12.8. The topological polar surface area (TPSA) is 51.4 Å². The Morgan fingerprint density at radius 3 is 2.75 bits per heavy atom. The summed E-state index contributed by atoms with van der Waals surface area (Å²) in [5.41, 5.74) is 6.67. The maximum atomic E-state index is 5.70. The van der Waals surface area contributed by atoms with E-state index in [1.807, 2.05) is 0 Å². The number of rotatable bonds is 6. The molecule has 0 fully saturated rings. The van der Waals surface area contributed by atoms with Crippen LogP contribution in [0.2, 0.25) is 0 Å². The summed E-state index contributed by atoms with van der Waals surface area (Å²) >= 11 is 1.66. The Kier molecular flexibility index (Phi) is 5.18. The molecule has 1 aromatic rings. The third kappa shape index (κ3) is 2.93. The van der Waals surface area contributed by atoms with E-state index in [1.165, 1.54) is 0 Å². The molecule has 0 radical (unpaired) electrons. The van der Waals surface area contributed by atoms with Gasteiger partial charge in [0.05, 0.1) is 12.3 Å². The minimum Gasteiger partial charge on any atom is -0.378 e. The van der Waals surface area contributed by atoms with E-state index in [1.54, 1.807) is 18.4 Å². The largest absolute Gasteiger partial charge is 0.378 e. The molecule has 1 rings (SSSR count). The van der Waals surface area contributed by atoms with E-state index in [2.05, 4.69) is 30.8 Å². The quantitative estimate of drug-likeness (QED) is 0.830. The Hall–Kier alpha value is -0.650. The van der Waals surface area contributed by atoms with Gasteiger partial charge in [0.15, 0.2) is 5.13 Å². The summed E-state index contributed by atoms with van der Waals surface area (Å²) in [4.78, 5) is 7.89. The van der Waals surface area contributed by atoms with Crippen LogP contribution in [0.1, 0.15) is 30.8 Å². The summed E-state index contributed by atoms with van der Waals surface area (Å²) in [6.07, 6.45) is 1.10. The van der Waals surface area contributed by atoms with E-state index in [0.717, 1.165) is 22.1 Å². The molecule has 92 valence electrons. The Labute approximate surface area is 101 Å². The molecule has 0 aliphatic carbocycles. The molecule has 2 N–H and O–H groups in total. The van der Waals surface area contributed by atoms with Crippen LogP contribution in [-0.2, 0) is 17.9 Å². The number of hydrogen-bond acceptors (Lipinski definition) is 5. The number of nitrogens with two attached hydrogens (primary N) is 1. The zero-order valence-corrected chi connectivity index (χ0v) is 11.3. The van der Waals surface area contributed by atoms with Crippen LogP contribution in [0.15, 0.2) is 0 Å². The van der Waals surface area contributed by atoms with Gasteiger partial charge in [-0.3, -0.25) is 0 Å². The molecule has 16 heavy (non-hydrogen) atoms. The Bertz CT molecular complexity index is 327. The van der Waals surface area contributed by atoms with Gasteiger partial charge in [-0.1, -0.05) is 6.92 Å². The monoisotopic (exact) mass is 243 g/mol. The predicted molar refractivity (Wildman–Crippen MR) is 68.9 cm³/mol. The number of nitrogens with zero attached hydrogens (tertiary/aromatic N) is 2. The zero-order chi connectivity index (χ0) is 12.1. The number of hydrogen-bond donors (Lipinski definition) is 1. The Morgan fingerprint density at radius 1 is 1.56 bits per heavy atom. The molecule has 1 unspecified atom stereocenters. The molecular weight excluding hydrogens is 222 g/mol. The van der Waals surface area contributed by atoms with Crippen molar-refractivity contribution in [1.29, 1.82) is 0 Å². The van der Waals surface area contributed by atoms with Crippen LogP contribution in [0.25, 0.3) is 0 Å². The van der Waals surface area contributed by atoms with Crippen molar-refractivity contribution in [3.05, 3.63) is 10.6 Å². The second-order valence-electron chi connectivity index (χ2n) is 3.87. The molecule has 1 atom stereocenters. The lowest BCUT2D eigenvalue weighted by Crippen LogP contribution is -2.27. The summed E-state index contributed by atoms with van der Waals surface area (Å²) in [6.45, 7) is 5.44. The lowest BCUT2D eigenvalue weighted by atomic mass is 10.2. The van der Waals surface area contributed by atoms with Crippen LogP contribution in [0.5, 0.6) is 0 Å². The van der Waals surface area contributed by atoms with Crippen LogP contribution < -0.4 is 10.6 Å². The third-order valence-corrected chi connectivity index (χ3v) is 4.00. The lowest BCUT2D eigenvalue weighted by Gasteiger charge is -2.22. The number of aromatic nitrogens is 1. The van der Waals surface area contributed by atoms with Gasteiger partial charge in [-0.05, 0) is 13.3 Å². The highest BCUT2D eigenvalue weighted by Crippen LogP contribution is 2.27. The zero-order valence-electron chi connectivity index (χ0n) is 10.5. The van der Waals surface area contributed by atoms with Gasteiger partial charge in [0.2, 0.25) is 0 Å². The molecule has 0 aliphatic rings. The van der Waals surface area contributed by atoms with Gasteiger partial charge in [0.25, 0.3) is 0 Å². The van der Waals surface area contributed by atoms with Crippen LogP contribution in [0.3, 0.4) is 0 Å². The van der Waals surface area contributed by atoms with Gasteiger partial charge in [-0.15, -0.1) is 11.3 Å². The maximum absolute atomic E-state index is 5.70. The van der Waals surface area contributed by atoms with E-state index < -0.39 is 0 Å². The molecule has 0 saturated heterocycles. The number of thiazole rings is 1. The summed E-state index contributed by atoms with van der Waals surface area (Å²) < 4.78 is 5.12. The number of anilines is 1. The highest BCUT2D eigenvalue weighted by Gasteiger charge is 2.15. The molecule has 1 heterocycles. The van der Waals surface area contributed by atoms with Crippen molar-refractivity contribution >= 4 is 16.5 Å². The van der Waals surface area contributed by atoms with Gasteiger partial charge in [0.1, 0.15) is 0 Å². The fourth-order valence-electron chi connectivity index (χ4n) is 1.39. The summed E-state index contributed by atoms with van der Waals surface area (Å²) in [5.74, 6) is 0. The van der Waals surface area contributed by atoms with Gasteiger partial charge in [-0.25, -0.2) is 4.98 Å². The second kappa shape index (κ2) is 6.18. The standard InChI is InChI=1S/C11H21N3OS/c1-5-8(2)14(3)11-13-9(7-15-4)10(6-12)16-11/h8H,5-7,12H2,1-4H3. The third-order valence-electron chi connectivity index (χ3n) is 2.79. The molecule has 4 nitrogen and oxygen atoms in total. The molecule has 0 bridgehead atoms. The molecule has 0 amide bonds. The Balaban J connectivity index is 2.89. The van der Waals surface area contributed by atoms with E-state index in [-0.39, 0.29) is 0 Å². The molecule has 5 heteroatoms. The van der Waals surface area contributed by atoms with Crippen LogP contribution in [0, 0.1) is 0 Å². The van der Waals surface area contributed by atoms with Crippen LogP contribution in [0.4, 0.5) is 5.13 Å². The summed E-state index contributed by atoms with van der Waals surface area (Å²) in [5, 5.41) is 1.03.